The molecule has 0 amide bonds. The maximum Gasteiger partial charge on any atom is 0.146 e. The third kappa shape index (κ3) is 1.93. The van der Waals surface area contributed by atoms with Crippen LogP contribution in [0.1, 0.15) is 11.1 Å². The molecule has 0 heterocycles. The molecule has 1 aromatic carbocycles. The van der Waals surface area contributed by atoms with Gasteiger partial charge in [-0.2, -0.15) is 5.26 Å². The number of nitriles is 1. The number of nitrogens with zero attached hydrogens (tertiary/aromatic N) is 1. The fraction of sp³-hybridized carbons (Fsp3) is 0.222. The topological polar surface area (TPSA) is 35.8 Å². The van der Waals surface area contributed by atoms with Crippen LogP contribution in [0.3, 0.4) is 0 Å². The van der Waals surface area contributed by atoms with E-state index in [0.717, 1.165) is 0 Å². The molecule has 68 valence electrons. The summed E-state index contributed by atoms with van der Waals surface area (Å²) in [5, 5.41) is 8.71. The number of nitrogens with one attached hydrogen (secondary N) is 1. The summed E-state index contributed by atoms with van der Waals surface area (Å²) < 4.78 is 16.2. The number of hydrogen-bond donors (Lipinski definition) is 1. The van der Waals surface area contributed by atoms with Gasteiger partial charge in [0, 0.05) is 6.26 Å². The maximum atomic E-state index is 13.3. The zero-order chi connectivity index (χ0) is 9.84. The lowest BCUT2D eigenvalue weighted by Crippen LogP contribution is -1.95. The molecule has 1 rings (SSSR count). The minimum Gasteiger partial charge on any atom is -0.329 e. The van der Waals surface area contributed by atoms with Crippen LogP contribution in [0.15, 0.2) is 12.1 Å². The van der Waals surface area contributed by atoms with Crippen molar-refractivity contribution in [1.82, 2.24) is 0 Å². The fourth-order valence-corrected chi connectivity index (χ4v) is 1.37. The van der Waals surface area contributed by atoms with Crippen LogP contribution in [-0.4, -0.2) is 6.26 Å². The Labute approximate surface area is 80.9 Å². The first-order chi connectivity index (χ1) is 6.20. The number of aryl methyl sites for hydroxylation is 1. The normalized spacial score (nSPS) is 9.38. The van der Waals surface area contributed by atoms with Crippen LogP contribution in [-0.2, 0) is 0 Å². The van der Waals surface area contributed by atoms with Crippen molar-refractivity contribution >= 4 is 17.6 Å². The molecule has 4 heteroatoms. The Hall–Kier alpha value is -1.21. The number of halogens is 1. The Morgan fingerprint density at radius 2 is 2.23 bits per heavy atom. The van der Waals surface area contributed by atoms with Crippen molar-refractivity contribution in [2.75, 3.05) is 11.0 Å². The van der Waals surface area contributed by atoms with Crippen LogP contribution < -0.4 is 4.72 Å². The molecule has 0 aliphatic carbocycles. The molecule has 1 aromatic rings. The molecule has 2 nitrogen and oxygen atoms in total. The van der Waals surface area contributed by atoms with Crippen LogP contribution in [0.5, 0.6) is 0 Å². The molecule has 0 aliphatic heterocycles. The average Bonchev–Trinajstić information content (AvgIpc) is 2.12. The van der Waals surface area contributed by atoms with E-state index in [9.17, 15) is 4.39 Å². The zero-order valence-electron chi connectivity index (χ0n) is 7.39. The van der Waals surface area contributed by atoms with Gasteiger partial charge in [-0.1, -0.05) is 18.0 Å². The molecule has 0 unspecified atom stereocenters. The maximum absolute atomic E-state index is 13.3. The van der Waals surface area contributed by atoms with Crippen molar-refractivity contribution in [3.63, 3.8) is 0 Å². The summed E-state index contributed by atoms with van der Waals surface area (Å²) >= 11 is 1.33. The monoisotopic (exact) mass is 196 g/mol. The van der Waals surface area contributed by atoms with Crippen molar-refractivity contribution in [2.45, 2.75) is 6.92 Å². The predicted octanol–water partition coefficient (Wildman–Crippen LogP) is 2.70. The molecule has 0 bridgehead atoms. The predicted molar refractivity (Wildman–Crippen MR) is 53.0 cm³/mol. The summed E-state index contributed by atoms with van der Waals surface area (Å²) in [4.78, 5) is 0. The van der Waals surface area contributed by atoms with Gasteiger partial charge in [-0.25, -0.2) is 4.39 Å². The molecule has 0 spiro atoms. The van der Waals surface area contributed by atoms with E-state index < -0.39 is 5.82 Å². The number of hydrogen-bond acceptors (Lipinski definition) is 3. The van der Waals surface area contributed by atoms with E-state index in [0.29, 0.717) is 11.3 Å². The summed E-state index contributed by atoms with van der Waals surface area (Å²) in [7, 11) is 0. The Morgan fingerprint density at radius 1 is 1.54 bits per heavy atom. The van der Waals surface area contributed by atoms with Crippen molar-refractivity contribution in [3.8, 4) is 6.07 Å². The highest BCUT2D eigenvalue weighted by Crippen LogP contribution is 2.22. The summed E-state index contributed by atoms with van der Waals surface area (Å²) in [6.45, 7) is 1.64. The number of benzene rings is 1. The summed E-state index contributed by atoms with van der Waals surface area (Å²) in [6, 6.07) is 5.19. The van der Waals surface area contributed by atoms with E-state index >= 15 is 0 Å². The van der Waals surface area contributed by atoms with Crippen LogP contribution in [0.4, 0.5) is 10.1 Å². The molecule has 0 saturated heterocycles. The van der Waals surface area contributed by atoms with Gasteiger partial charge in [0.25, 0.3) is 0 Å². The summed E-state index contributed by atoms with van der Waals surface area (Å²) in [5.41, 5.74) is 1.09. The van der Waals surface area contributed by atoms with Crippen molar-refractivity contribution < 1.29 is 4.39 Å². The second-order valence-electron chi connectivity index (χ2n) is 2.54. The molecule has 0 aliphatic rings. The Bertz CT molecular complexity index is 357. The van der Waals surface area contributed by atoms with Gasteiger partial charge in [-0.3, -0.25) is 0 Å². The van der Waals surface area contributed by atoms with Crippen molar-refractivity contribution in [2.24, 2.45) is 0 Å². The van der Waals surface area contributed by atoms with E-state index in [1.54, 1.807) is 19.1 Å². The van der Waals surface area contributed by atoms with Crippen LogP contribution in [0.25, 0.3) is 0 Å². The largest absolute Gasteiger partial charge is 0.329 e. The van der Waals surface area contributed by atoms with Gasteiger partial charge in [0.15, 0.2) is 0 Å². The molecule has 13 heavy (non-hydrogen) atoms. The molecule has 0 saturated carbocycles. The van der Waals surface area contributed by atoms with Crippen LogP contribution in [0, 0.1) is 24.1 Å². The third-order valence-corrected chi connectivity index (χ3v) is 2.08. The molecule has 1 N–H and O–H groups in total. The van der Waals surface area contributed by atoms with E-state index in [-0.39, 0.29) is 5.56 Å². The zero-order valence-corrected chi connectivity index (χ0v) is 8.20. The van der Waals surface area contributed by atoms with E-state index in [1.165, 1.54) is 11.9 Å². The molecule has 0 radical (unpaired) electrons. The number of anilines is 1. The lowest BCUT2D eigenvalue weighted by atomic mass is 10.1. The summed E-state index contributed by atoms with van der Waals surface area (Å²) in [5.74, 6) is -0.443. The highest BCUT2D eigenvalue weighted by molar-refractivity contribution is 7.99. The quantitative estimate of drug-likeness (QED) is 0.739. The number of rotatable bonds is 2. The Morgan fingerprint density at radius 3 is 2.77 bits per heavy atom. The third-order valence-electron chi connectivity index (χ3n) is 1.66. The minimum atomic E-state index is -0.443. The molecular formula is C9H9FN2S. The average molecular weight is 196 g/mol. The smallest absolute Gasteiger partial charge is 0.146 e. The van der Waals surface area contributed by atoms with Crippen molar-refractivity contribution in [3.05, 3.63) is 29.1 Å². The first-order valence-corrected chi connectivity index (χ1v) is 4.91. The second kappa shape index (κ2) is 4.15. The molecule has 0 aromatic heterocycles. The second-order valence-corrected chi connectivity index (χ2v) is 3.15. The lowest BCUT2D eigenvalue weighted by Gasteiger charge is -2.06. The molecule has 0 atom stereocenters. The minimum absolute atomic E-state index is 0.0781. The van der Waals surface area contributed by atoms with Gasteiger partial charge in [-0.15, -0.1) is 0 Å². The van der Waals surface area contributed by atoms with Gasteiger partial charge in [0.05, 0.1) is 5.69 Å². The molecular weight excluding hydrogens is 187 g/mol. The lowest BCUT2D eigenvalue weighted by molar-refractivity contribution is 0.615. The fourth-order valence-electron chi connectivity index (χ4n) is 0.985. The van der Waals surface area contributed by atoms with Gasteiger partial charge in [-0.05, 0) is 18.6 Å². The highest BCUT2D eigenvalue weighted by Gasteiger charge is 2.09. The van der Waals surface area contributed by atoms with E-state index in [1.807, 2.05) is 12.3 Å². The van der Waals surface area contributed by atoms with Crippen molar-refractivity contribution in [1.29, 1.82) is 5.26 Å². The van der Waals surface area contributed by atoms with Crippen LogP contribution >= 0.6 is 11.9 Å². The first kappa shape index (κ1) is 9.87. The van der Waals surface area contributed by atoms with Gasteiger partial charge >= 0.3 is 0 Å². The standard InChI is InChI=1S/C9H9FN2S/c1-6-3-4-8(12-13-2)7(5-11)9(6)10/h3-4,12H,1-2H3. The Kier molecular flexibility index (Phi) is 3.15. The molecule has 0 fully saturated rings. The Balaban J connectivity index is 3.23. The van der Waals surface area contributed by atoms with E-state index in [4.69, 9.17) is 5.26 Å². The van der Waals surface area contributed by atoms with Gasteiger partial charge in [0.2, 0.25) is 0 Å². The van der Waals surface area contributed by atoms with Crippen LogP contribution in [0.2, 0.25) is 0 Å². The van der Waals surface area contributed by atoms with Gasteiger partial charge < -0.3 is 4.72 Å². The SMILES string of the molecule is CSNc1ccc(C)c(F)c1C#N. The highest BCUT2D eigenvalue weighted by atomic mass is 32.2. The summed E-state index contributed by atoms with van der Waals surface area (Å²) in [6.07, 6.45) is 1.82. The van der Waals surface area contributed by atoms with Gasteiger partial charge in [0.1, 0.15) is 17.4 Å². The first-order valence-electron chi connectivity index (χ1n) is 3.69. The van der Waals surface area contributed by atoms with E-state index in [2.05, 4.69) is 4.72 Å².